The molecule has 0 spiro atoms. The van der Waals surface area contributed by atoms with Gasteiger partial charge in [0, 0.05) is 17.6 Å². The summed E-state index contributed by atoms with van der Waals surface area (Å²) in [5.41, 5.74) is 8.13. The molecule has 0 radical (unpaired) electrons. The third-order valence-electron chi connectivity index (χ3n) is 4.28. The number of alkyl halides is 1. The van der Waals surface area contributed by atoms with E-state index >= 15 is 0 Å². The Hall–Kier alpha value is -2.44. The van der Waals surface area contributed by atoms with E-state index in [2.05, 4.69) is 15.3 Å². The van der Waals surface area contributed by atoms with Crippen molar-refractivity contribution in [1.29, 1.82) is 0 Å². The average Bonchev–Trinajstić information content (AvgIpc) is 2.66. The number of fused-ring (bicyclic) bond motifs is 1. The smallest absolute Gasteiger partial charge is 0.137 e. The molecule has 7 heteroatoms. The Kier molecular flexibility index (Phi) is 6.42. The van der Waals surface area contributed by atoms with Crippen molar-refractivity contribution in [2.75, 3.05) is 17.6 Å². The number of hydrogen-bond donors (Lipinski definition) is 2. The standard InChI is InChI=1S/C20H22ClFN4O/c1-13(27-11-14-3-2-4-15(22)9-14)18(21)7-8-24-20-17-10-16(23)5-6-19(17)25-12-26-20/h2-6,9-10,12-13,18H,7-8,11,23H2,1H3,(H,24,25,26). The van der Waals surface area contributed by atoms with E-state index in [0.717, 1.165) is 22.3 Å². The van der Waals surface area contributed by atoms with E-state index in [0.29, 0.717) is 25.3 Å². The third kappa shape index (κ3) is 5.28. The summed E-state index contributed by atoms with van der Waals surface area (Å²) >= 11 is 6.45. The monoisotopic (exact) mass is 388 g/mol. The van der Waals surface area contributed by atoms with Crippen LogP contribution in [0.15, 0.2) is 48.8 Å². The number of aromatic nitrogens is 2. The maximum absolute atomic E-state index is 13.2. The Balaban J connectivity index is 1.50. The lowest BCUT2D eigenvalue weighted by atomic mass is 10.2. The van der Waals surface area contributed by atoms with Crippen LogP contribution < -0.4 is 11.1 Å². The second-order valence-corrected chi connectivity index (χ2v) is 6.94. The predicted octanol–water partition coefficient (Wildman–Crippen LogP) is 4.37. The molecule has 0 aliphatic heterocycles. The maximum atomic E-state index is 13.2. The van der Waals surface area contributed by atoms with Gasteiger partial charge in [-0.2, -0.15) is 0 Å². The van der Waals surface area contributed by atoms with Gasteiger partial charge in [0.2, 0.25) is 0 Å². The molecule has 3 N–H and O–H groups in total. The fraction of sp³-hybridized carbons (Fsp3) is 0.300. The molecule has 0 bridgehead atoms. The molecule has 0 saturated heterocycles. The predicted molar refractivity (Wildman–Crippen MR) is 107 cm³/mol. The van der Waals surface area contributed by atoms with Crippen molar-refractivity contribution in [3.05, 3.63) is 60.2 Å². The van der Waals surface area contributed by atoms with Crippen molar-refractivity contribution in [2.45, 2.75) is 31.4 Å². The molecule has 1 aromatic heterocycles. The Morgan fingerprint density at radius 3 is 2.89 bits per heavy atom. The molecule has 0 fully saturated rings. The van der Waals surface area contributed by atoms with Crippen LogP contribution in [0.5, 0.6) is 0 Å². The number of nitrogens with zero attached hydrogens (tertiary/aromatic N) is 2. The first-order chi connectivity index (χ1) is 13.0. The third-order valence-corrected chi connectivity index (χ3v) is 4.86. The largest absolute Gasteiger partial charge is 0.399 e. The molecule has 142 valence electrons. The SMILES string of the molecule is CC(OCc1cccc(F)c1)C(Cl)CCNc1ncnc2ccc(N)cc12. The topological polar surface area (TPSA) is 73.1 Å². The van der Waals surface area contributed by atoms with Gasteiger partial charge in [0.1, 0.15) is 18.0 Å². The molecular formula is C20H22ClFN4O. The Labute approximate surface area is 162 Å². The summed E-state index contributed by atoms with van der Waals surface area (Å²) in [6, 6.07) is 11.9. The molecule has 0 saturated carbocycles. The minimum Gasteiger partial charge on any atom is -0.399 e. The summed E-state index contributed by atoms with van der Waals surface area (Å²) in [4.78, 5) is 8.52. The lowest BCUT2D eigenvalue weighted by Crippen LogP contribution is -2.24. The molecular weight excluding hydrogens is 367 g/mol. The highest BCUT2D eigenvalue weighted by Gasteiger charge is 2.15. The average molecular weight is 389 g/mol. The van der Waals surface area contributed by atoms with Crippen molar-refractivity contribution < 1.29 is 9.13 Å². The number of nitrogen functional groups attached to an aromatic ring is 1. The number of benzene rings is 2. The van der Waals surface area contributed by atoms with Crippen LogP contribution >= 0.6 is 11.6 Å². The summed E-state index contributed by atoms with van der Waals surface area (Å²) in [6.45, 7) is 2.87. The van der Waals surface area contributed by atoms with Crippen LogP contribution in [0.3, 0.4) is 0 Å². The van der Waals surface area contributed by atoms with Crippen LogP contribution in [-0.4, -0.2) is 28.0 Å². The number of ether oxygens (including phenoxy) is 1. The van der Waals surface area contributed by atoms with Crippen molar-refractivity contribution in [1.82, 2.24) is 9.97 Å². The van der Waals surface area contributed by atoms with Gasteiger partial charge in [0.25, 0.3) is 0 Å². The minimum absolute atomic E-state index is 0.172. The summed E-state index contributed by atoms with van der Waals surface area (Å²) < 4.78 is 19.0. The van der Waals surface area contributed by atoms with Crippen molar-refractivity contribution in [3.8, 4) is 0 Å². The number of rotatable bonds is 8. The zero-order chi connectivity index (χ0) is 19.2. The van der Waals surface area contributed by atoms with E-state index in [-0.39, 0.29) is 17.3 Å². The minimum atomic E-state index is -0.270. The molecule has 3 rings (SSSR count). The summed E-state index contributed by atoms with van der Waals surface area (Å²) in [5.74, 6) is 0.456. The molecule has 5 nitrogen and oxygen atoms in total. The van der Waals surface area contributed by atoms with Gasteiger partial charge in [0.05, 0.1) is 23.6 Å². The highest BCUT2D eigenvalue weighted by atomic mass is 35.5. The molecule has 0 aliphatic rings. The van der Waals surface area contributed by atoms with Crippen molar-refractivity contribution >= 4 is 34.0 Å². The number of halogens is 2. The summed E-state index contributed by atoms with van der Waals surface area (Å²) in [5, 5.41) is 3.97. The second kappa shape index (κ2) is 8.97. The van der Waals surface area contributed by atoms with Gasteiger partial charge in [0.15, 0.2) is 0 Å². The molecule has 27 heavy (non-hydrogen) atoms. The van der Waals surface area contributed by atoms with Gasteiger partial charge < -0.3 is 15.8 Å². The van der Waals surface area contributed by atoms with Gasteiger partial charge in [-0.1, -0.05) is 12.1 Å². The van der Waals surface area contributed by atoms with E-state index in [1.54, 1.807) is 6.07 Å². The van der Waals surface area contributed by atoms with E-state index in [4.69, 9.17) is 22.1 Å². The normalized spacial score (nSPS) is 13.4. The highest BCUT2D eigenvalue weighted by molar-refractivity contribution is 6.21. The first-order valence-corrected chi connectivity index (χ1v) is 9.21. The molecule has 2 unspecified atom stereocenters. The first kappa shape index (κ1) is 19.3. The van der Waals surface area contributed by atoms with E-state index in [1.165, 1.54) is 18.5 Å². The highest BCUT2D eigenvalue weighted by Crippen LogP contribution is 2.22. The van der Waals surface area contributed by atoms with E-state index in [1.807, 2.05) is 31.2 Å². The fourth-order valence-corrected chi connectivity index (χ4v) is 2.92. The fourth-order valence-electron chi connectivity index (χ4n) is 2.74. The Bertz CT molecular complexity index is 908. The van der Waals surface area contributed by atoms with Crippen LogP contribution in [-0.2, 0) is 11.3 Å². The zero-order valence-electron chi connectivity index (χ0n) is 15.0. The number of anilines is 2. The van der Waals surface area contributed by atoms with Crippen LogP contribution in [0.25, 0.3) is 10.9 Å². The van der Waals surface area contributed by atoms with Crippen LogP contribution in [0.2, 0.25) is 0 Å². The number of nitrogens with two attached hydrogens (primary N) is 1. The van der Waals surface area contributed by atoms with Gasteiger partial charge in [-0.3, -0.25) is 0 Å². The van der Waals surface area contributed by atoms with Crippen molar-refractivity contribution in [3.63, 3.8) is 0 Å². The molecule has 2 aromatic carbocycles. The molecule has 0 amide bonds. The van der Waals surface area contributed by atoms with Crippen LogP contribution in [0.4, 0.5) is 15.9 Å². The van der Waals surface area contributed by atoms with Gasteiger partial charge in [-0.15, -0.1) is 11.6 Å². The van der Waals surface area contributed by atoms with Crippen molar-refractivity contribution in [2.24, 2.45) is 0 Å². The molecule has 1 heterocycles. The van der Waals surface area contributed by atoms with Crippen LogP contribution in [0, 0.1) is 5.82 Å². The van der Waals surface area contributed by atoms with E-state index in [9.17, 15) is 4.39 Å². The maximum Gasteiger partial charge on any atom is 0.137 e. The number of hydrogen-bond acceptors (Lipinski definition) is 5. The van der Waals surface area contributed by atoms with Gasteiger partial charge in [-0.05, 0) is 49.2 Å². The lowest BCUT2D eigenvalue weighted by Gasteiger charge is -2.19. The van der Waals surface area contributed by atoms with E-state index < -0.39 is 0 Å². The molecule has 0 aliphatic carbocycles. The first-order valence-electron chi connectivity index (χ1n) is 8.77. The molecule has 2 atom stereocenters. The number of nitrogens with one attached hydrogen (secondary N) is 1. The summed E-state index contributed by atoms with van der Waals surface area (Å²) in [7, 11) is 0. The quantitative estimate of drug-likeness (QED) is 0.443. The van der Waals surface area contributed by atoms with Gasteiger partial charge >= 0.3 is 0 Å². The lowest BCUT2D eigenvalue weighted by molar-refractivity contribution is 0.0493. The second-order valence-electron chi connectivity index (χ2n) is 6.38. The summed E-state index contributed by atoms with van der Waals surface area (Å²) in [6.07, 6.45) is 2.03. The molecule has 3 aromatic rings. The van der Waals surface area contributed by atoms with Crippen LogP contribution in [0.1, 0.15) is 18.9 Å². The van der Waals surface area contributed by atoms with Gasteiger partial charge in [-0.25, -0.2) is 14.4 Å². The Morgan fingerprint density at radius 2 is 2.07 bits per heavy atom. The zero-order valence-corrected chi connectivity index (χ0v) is 15.8. The Morgan fingerprint density at radius 1 is 1.22 bits per heavy atom.